The zero-order valence-corrected chi connectivity index (χ0v) is 31.5. The molecule has 3 aromatic heterocycles. The van der Waals surface area contributed by atoms with Crippen LogP contribution in [0, 0.1) is 23.0 Å². The number of carbonyl (C=O) groups is 1. The number of amides is 1. The van der Waals surface area contributed by atoms with E-state index in [1.807, 2.05) is 21.8 Å². The van der Waals surface area contributed by atoms with Crippen molar-refractivity contribution in [3.63, 3.8) is 0 Å². The minimum atomic E-state index is -2.98. The van der Waals surface area contributed by atoms with E-state index >= 15 is 8.78 Å². The summed E-state index contributed by atoms with van der Waals surface area (Å²) in [6.45, 7) is 4.66. The maximum absolute atomic E-state index is 15.7. The molecule has 6 heterocycles. The molecule has 0 saturated carbocycles. The molecule has 3 saturated heterocycles. The van der Waals surface area contributed by atoms with Gasteiger partial charge in [-0.25, -0.2) is 22.1 Å². The van der Waals surface area contributed by atoms with E-state index in [4.69, 9.17) is 14.8 Å². The Balaban J connectivity index is 0.893. The summed E-state index contributed by atoms with van der Waals surface area (Å²) in [4.78, 5) is 27.0. The molecule has 2 atom stereocenters. The van der Waals surface area contributed by atoms with Crippen LogP contribution < -0.4 is 11.0 Å². The number of aromatic nitrogens is 4. The zero-order chi connectivity index (χ0) is 40.1. The number of nitrogens with one attached hydrogen (secondary N) is 2. The maximum atomic E-state index is 15.7. The van der Waals surface area contributed by atoms with Crippen LogP contribution in [0.15, 0.2) is 54.9 Å². The SMILES string of the molecule is CC(C)(O)c1cc2nn(C3CCN([C@H]4CCN(CCc5cc(F)c([C@H]6CCONO6)c(F)c5)CC4(F)F)CC3)cc2cc1NC(=O)c1ccc2cc(C#N)cnn12. The molecule has 300 valence electrons. The van der Waals surface area contributed by atoms with Gasteiger partial charge in [-0.3, -0.25) is 29.0 Å². The average Bonchev–Trinajstić information content (AvgIpc) is 3.80. The highest BCUT2D eigenvalue weighted by molar-refractivity contribution is 6.05. The molecule has 3 aliphatic rings. The lowest BCUT2D eigenvalue weighted by atomic mass is 9.94. The summed E-state index contributed by atoms with van der Waals surface area (Å²) in [5.41, 5.74) is 3.79. The standard InChI is InChI=1S/C40H43F4N9O4/c1-39(2,55)29-19-32-26(18-33(29)47-38(54)34-4-3-28-15-25(20-45)21-46-53(28)34)22-52(48-32)27-6-12-51(13-7-27)36-8-11-50(23-40(36,43)44)10-5-24-16-30(41)37(31(42)17-24)35-9-14-56-49-57-35/h3-4,15-19,21-22,27,35-36,49,55H,5-14,23H2,1-2H3,(H,47,54)/t35-,36+/m1/s1. The van der Waals surface area contributed by atoms with Crippen molar-refractivity contribution in [2.24, 2.45) is 0 Å². The second kappa shape index (κ2) is 15.4. The first-order valence-electron chi connectivity index (χ1n) is 19.1. The number of anilines is 1. The number of hydrogen-bond acceptors (Lipinski definition) is 10. The first-order chi connectivity index (χ1) is 27.3. The molecule has 3 N–H and O–H groups in total. The van der Waals surface area contributed by atoms with Gasteiger partial charge in [0.05, 0.1) is 59.2 Å². The Kier molecular flexibility index (Phi) is 10.5. The lowest BCUT2D eigenvalue weighted by molar-refractivity contribution is -0.242. The topological polar surface area (TPSA) is 145 Å². The lowest BCUT2D eigenvalue weighted by Gasteiger charge is -2.45. The number of likely N-dealkylation sites (tertiary alicyclic amines) is 2. The number of aliphatic hydroxyl groups is 1. The Bertz CT molecular complexity index is 2320. The van der Waals surface area contributed by atoms with E-state index in [0.29, 0.717) is 65.9 Å². The molecule has 0 aliphatic carbocycles. The summed E-state index contributed by atoms with van der Waals surface area (Å²) < 4.78 is 64.5. The Hall–Kier alpha value is -4.96. The first kappa shape index (κ1) is 38.9. The summed E-state index contributed by atoms with van der Waals surface area (Å²) in [7, 11) is 0. The van der Waals surface area contributed by atoms with Gasteiger partial charge in [-0.05, 0) is 87.6 Å². The predicted molar refractivity (Wildman–Crippen MR) is 200 cm³/mol. The van der Waals surface area contributed by atoms with Crippen molar-refractivity contribution in [3.05, 3.63) is 94.4 Å². The van der Waals surface area contributed by atoms with Crippen molar-refractivity contribution < 1.29 is 37.1 Å². The fourth-order valence-electron chi connectivity index (χ4n) is 8.35. The van der Waals surface area contributed by atoms with Gasteiger partial charge in [-0.1, -0.05) is 5.64 Å². The summed E-state index contributed by atoms with van der Waals surface area (Å²) in [6, 6.07) is 12.0. The highest BCUT2D eigenvalue weighted by Gasteiger charge is 2.48. The van der Waals surface area contributed by atoms with Gasteiger partial charge >= 0.3 is 0 Å². The number of nitriles is 1. The molecule has 0 spiro atoms. The summed E-state index contributed by atoms with van der Waals surface area (Å²) >= 11 is 0. The third-order valence-corrected chi connectivity index (χ3v) is 11.3. The van der Waals surface area contributed by atoms with Gasteiger partial charge in [-0.15, -0.1) is 0 Å². The first-order valence-corrected chi connectivity index (χ1v) is 19.1. The van der Waals surface area contributed by atoms with Crippen LogP contribution in [0.2, 0.25) is 0 Å². The molecular weight excluding hydrogens is 746 g/mol. The van der Waals surface area contributed by atoms with Gasteiger partial charge < -0.3 is 10.4 Å². The number of halogens is 4. The van der Waals surface area contributed by atoms with E-state index in [9.17, 15) is 23.9 Å². The van der Waals surface area contributed by atoms with Crippen LogP contribution >= 0.6 is 0 Å². The maximum Gasteiger partial charge on any atom is 0.275 e. The minimum Gasteiger partial charge on any atom is -0.386 e. The van der Waals surface area contributed by atoms with Crippen molar-refractivity contribution in [2.45, 2.75) is 75.7 Å². The number of hydrogen-bond donors (Lipinski definition) is 3. The molecule has 17 heteroatoms. The molecular formula is C40H43F4N9O4. The van der Waals surface area contributed by atoms with Crippen LogP contribution in [0.4, 0.5) is 23.2 Å². The normalized spacial score (nSPS) is 21.2. The Morgan fingerprint density at radius 1 is 1.09 bits per heavy atom. The van der Waals surface area contributed by atoms with E-state index in [2.05, 4.69) is 16.1 Å². The number of fused-ring (bicyclic) bond motifs is 2. The van der Waals surface area contributed by atoms with Gasteiger partial charge in [0.1, 0.15) is 29.5 Å². The van der Waals surface area contributed by atoms with Gasteiger partial charge in [0.2, 0.25) is 0 Å². The molecule has 8 rings (SSSR count). The molecule has 3 fully saturated rings. The Morgan fingerprint density at radius 2 is 1.86 bits per heavy atom. The summed E-state index contributed by atoms with van der Waals surface area (Å²) in [5, 5.41) is 33.0. The van der Waals surface area contributed by atoms with Crippen LogP contribution in [0.5, 0.6) is 0 Å². The highest BCUT2D eigenvalue weighted by atomic mass is 19.3. The Morgan fingerprint density at radius 3 is 2.54 bits per heavy atom. The van der Waals surface area contributed by atoms with Crippen molar-refractivity contribution in [2.75, 3.05) is 44.6 Å². The molecule has 5 aromatic rings. The van der Waals surface area contributed by atoms with Crippen LogP contribution in [0.25, 0.3) is 16.4 Å². The number of rotatable bonds is 9. The van der Waals surface area contributed by atoms with Crippen molar-refractivity contribution in [1.82, 2.24) is 34.8 Å². The van der Waals surface area contributed by atoms with E-state index in [0.717, 1.165) is 5.39 Å². The third kappa shape index (κ3) is 7.98. The number of carbonyl (C=O) groups excluding carboxylic acids is 1. The Labute approximate surface area is 325 Å². The van der Waals surface area contributed by atoms with Crippen molar-refractivity contribution in [3.8, 4) is 6.07 Å². The molecule has 57 heavy (non-hydrogen) atoms. The zero-order valence-electron chi connectivity index (χ0n) is 31.5. The third-order valence-electron chi connectivity index (χ3n) is 11.3. The largest absolute Gasteiger partial charge is 0.386 e. The van der Waals surface area contributed by atoms with Crippen LogP contribution in [-0.2, 0) is 21.7 Å². The number of benzene rings is 2. The number of alkyl halides is 2. The number of nitrogens with zero attached hydrogens (tertiary/aromatic N) is 7. The van der Waals surface area contributed by atoms with E-state index in [-0.39, 0.29) is 49.7 Å². The van der Waals surface area contributed by atoms with E-state index < -0.39 is 47.8 Å². The fraction of sp³-hybridized carbons (Fsp3) is 0.450. The predicted octanol–water partition coefficient (Wildman–Crippen LogP) is 5.80. The van der Waals surface area contributed by atoms with Crippen LogP contribution in [-0.4, -0.2) is 91.5 Å². The summed E-state index contributed by atoms with van der Waals surface area (Å²) in [6.07, 6.45) is 4.43. The average molecular weight is 790 g/mol. The van der Waals surface area contributed by atoms with Gasteiger partial charge in [-0.2, -0.15) is 15.5 Å². The minimum absolute atomic E-state index is 0.0381. The van der Waals surface area contributed by atoms with E-state index in [1.165, 1.54) is 22.8 Å². The molecule has 3 aliphatic heterocycles. The molecule has 0 bridgehead atoms. The quantitative estimate of drug-likeness (QED) is 0.157. The fourth-order valence-corrected chi connectivity index (χ4v) is 8.35. The summed E-state index contributed by atoms with van der Waals surface area (Å²) in [5.74, 6) is -4.90. The van der Waals surface area contributed by atoms with E-state index in [1.54, 1.807) is 49.1 Å². The molecule has 13 nitrogen and oxygen atoms in total. The highest BCUT2D eigenvalue weighted by Crippen LogP contribution is 2.37. The molecule has 0 unspecified atom stereocenters. The van der Waals surface area contributed by atoms with Crippen molar-refractivity contribution >= 4 is 28.0 Å². The second-order valence-electron chi connectivity index (χ2n) is 15.6. The van der Waals surface area contributed by atoms with Crippen molar-refractivity contribution in [1.29, 1.82) is 5.26 Å². The monoisotopic (exact) mass is 789 g/mol. The second-order valence-corrected chi connectivity index (χ2v) is 15.6. The van der Waals surface area contributed by atoms with Crippen LogP contribution in [0.1, 0.15) is 84.4 Å². The van der Waals surface area contributed by atoms with Gasteiger partial charge in [0.15, 0.2) is 0 Å². The van der Waals surface area contributed by atoms with Gasteiger partial charge in [0, 0.05) is 55.4 Å². The smallest absolute Gasteiger partial charge is 0.275 e. The molecule has 1 amide bonds. The number of piperidine rings is 2. The lowest BCUT2D eigenvalue weighted by Crippen LogP contribution is -2.59. The molecule has 0 radical (unpaired) electrons. The molecule has 2 aromatic carbocycles. The van der Waals surface area contributed by atoms with Crippen LogP contribution in [0.3, 0.4) is 0 Å². The van der Waals surface area contributed by atoms with Gasteiger partial charge in [0.25, 0.3) is 11.8 Å².